The summed E-state index contributed by atoms with van der Waals surface area (Å²) in [5.41, 5.74) is 2.17. The van der Waals surface area contributed by atoms with Crippen LogP contribution in [-0.4, -0.2) is 45.4 Å². The van der Waals surface area contributed by atoms with Crippen LogP contribution in [0.2, 0.25) is 0 Å². The highest BCUT2D eigenvalue weighted by molar-refractivity contribution is 6.03. The van der Waals surface area contributed by atoms with Gasteiger partial charge in [0.2, 0.25) is 5.91 Å². The van der Waals surface area contributed by atoms with Gasteiger partial charge in [0.15, 0.2) is 0 Å². The van der Waals surface area contributed by atoms with Gasteiger partial charge in [0.25, 0.3) is 0 Å². The molecule has 0 spiro atoms. The van der Waals surface area contributed by atoms with Gasteiger partial charge in [0, 0.05) is 17.3 Å². The van der Waals surface area contributed by atoms with Crippen molar-refractivity contribution in [3.63, 3.8) is 0 Å². The highest BCUT2D eigenvalue weighted by Gasteiger charge is 2.32. The van der Waals surface area contributed by atoms with E-state index in [1.807, 2.05) is 13.0 Å². The summed E-state index contributed by atoms with van der Waals surface area (Å²) in [6.07, 6.45) is 0. The van der Waals surface area contributed by atoms with E-state index in [1.54, 1.807) is 26.0 Å². The quantitative estimate of drug-likeness (QED) is 0.785. The van der Waals surface area contributed by atoms with Gasteiger partial charge in [-0.15, -0.1) is 0 Å². The topological polar surface area (TPSA) is 94.2 Å². The van der Waals surface area contributed by atoms with Crippen LogP contribution in [0, 0.1) is 12.8 Å². The fourth-order valence-corrected chi connectivity index (χ4v) is 2.54. The normalized spacial score (nSPS) is 14.2. The van der Waals surface area contributed by atoms with Crippen LogP contribution in [-0.2, 0) is 28.6 Å². The van der Waals surface area contributed by atoms with Crippen molar-refractivity contribution < 1.29 is 28.6 Å². The molecule has 1 N–H and O–H groups in total. The Morgan fingerprint density at radius 2 is 1.81 bits per heavy atom. The van der Waals surface area contributed by atoms with Crippen LogP contribution in [0.5, 0.6) is 0 Å². The van der Waals surface area contributed by atoms with Crippen LogP contribution in [0.4, 0.5) is 11.4 Å². The van der Waals surface area contributed by atoms with Crippen LogP contribution in [0.25, 0.3) is 0 Å². The number of nitrogens with one attached hydrogen (secondary N) is 1. The summed E-state index contributed by atoms with van der Waals surface area (Å²) in [5.74, 6) is -1.64. The van der Waals surface area contributed by atoms with E-state index < -0.39 is 11.9 Å². The zero-order valence-corrected chi connectivity index (χ0v) is 16.1. The molecule has 1 amide bonds. The standard InChI is InChI=1S/C19H24N2O6/c1-11(2)17(22)20-15-8-13(7-6-12(15)3)21-10-27-9-14(18(23)25-4)16(21)19(24)26-5/h6-8,11H,9-10H2,1-5H3,(H,20,22). The summed E-state index contributed by atoms with van der Waals surface area (Å²) in [5, 5.41) is 2.86. The molecule has 0 atom stereocenters. The van der Waals surface area contributed by atoms with E-state index in [0.717, 1.165) is 5.56 Å². The fourth-order valence-electron chi connectivity index (χ4n) is 2.54. The molecule has 0 bridgehead atoms. The van der Waals surface area contributed by atoms with E-state index in [2.05, 4.69) is 5.32 Å². The van der Waals surface area contributed by atoms with Gasteiger partial charge in [-0.2, -0.15) is 0 Å². The first kappa shape index (κ1) is 20.4. The van der Waals surface area contributed by atoms with E-state index in [4.69, 9.17) is 14.2 Å². The smallest absolute Gasteiger partial charge is 0.355 e. The molecule has 0 aromatic heterocycles. The van der Waals surface area contributed by atoms with Crippen molar-refractivity contribution in [3.05, 3.63) is 35.0 Å². The summed E-state index contributed by atoms with van der Waals surface area (Å²) in [6, 6.07) is 5.31. The van der Waals surface area contributed by atoms with Crippen LogP contribution in [0.1, 0.15) is 19.4 Å². The second-order valence-electron chi connectivity index (χ2n) is 6.36. The third-order valence-corrected chi connectivity index (χ3v) is 4.15. The number of hydrogen-bond acceptors (Lipinski definition) is 7. The van der Waals surface area contributed by atoms with Crippen LogP contribution in [0.15, 0.2) is 29.5 Å². The Hall–Kier alpha value is -2.87. The molecule has 146 valence electrons. The van der Waals surface area contributed by atoms with Gasteiger partial charge >= 0.3 is 11.9 Å². The number of methoxy groups -OCH3 is 2. The lowest BCUT2D eigenvalue weighted by atomic mass is 10.1. The van der Waals surface area contributed by atoms with Crippen LogP contribution in [0.3, 0.4) is 0 Å². The monoisotopic (exact) mass is 376 g/mol. The van der Waals surface area contributed by atoms with Crippen molar-refractivity contribution >= 4 is 29.2 Å². The van der Waals surface area contributed by atoms with Gasteiger partial charge in [-0.3, -0.25) is 4.79 Å². The number of carbonyl (C=O) groups is 3. The Morgan fingerprint density at radius 1 is 1.15 bits per heavy atom. The van der Waals surface area contributed by atoms with Crippen LogP contribution >= 0.6 is 0 Å². The number of carbonyl (C=O) groups excluding carboxylic acids is 3. The molecule has 0 fully saturated rings. The minimum atomic E-state index is -0.674. The minimum absolute atomic E-state index is 0.0472. The fraction of sp³-hybridized carbons (Fsp3) is 0.421. The minimum Gasteiger partial charge on any atom is -0.466 e. The van der Waals surface area contributed by atoms with Crippen LogP contribution < -0.4 is 10.2 Å². The molecule has 1 aliphatic rings. The lowest BCUT2D eigenvalue weighted by molar-refractivity contribution is -0.140. The van der Waals surface area contributed by atoms with Crippen molar-refractivity contribution in [1.29, 1.82) is 0 Å². The summed E-state index contributed by atoms with van der Waals surface area (Å²) < 4.78 is 15.1. The predicted octanol–water partition coefficient (Wildman–Crippen LogP) is 1.98. The number of benzene rings is 1. The first-order valence-corrected chi connectivity index (χ1v) is 8.46. The third kappa shape index (κ3) is 4.46. The van der Waals surface area contributed by atoms with Crippen molar-refractivity contribution in [1.82, 2.24) is 0 Å². The molecule has 8 heteroatoms. The number of rotatable bonds is 5. The zero-order valence-electron chi connectivity index (χ0n) is 16.1. The van der Waals surface area contributed by atoms with Crippen molar-refractivity contribution in [2.45, 2.75) is 20.8 Å². The highest BCUT2D eigenvalue weighted by atomic mass is 16.5. The molecule has 0 saturated heterocycles. The number of ether oxygens (including phenoxy) is 3. The van der Waals surface area contributed by atoms with Gasteiger partial charge < -0.3 is 24.4 Å². The number of aryl methyl sites for hydroxylation is 1. The Morgan fingerprint density at radius 3 is 2.41 bits per heavy atom. The van der Waals surface area contributed by atoms with Crippen molar-refractivity contribution in [2.75, 3.05) is 37.8 Å². The molecule has 1 aromatic rings. The molecule has 0 unspecified atom stereocenters. The largest absolute Gasteiger partial charge is 0.466 e. The van der Waals surface area contributed by atoms with Crippen molar-refractivity contribution in [3.8, 4) is 0 Å². The Labute approximate surface area is 158 Å². The maximum absolute atomic E-state index is 12.3. The summed E-state index contributed by atoms with van der Waals surface area (Å²) in [6.45, 7) is 5.45. The van der Waals surface area contributed by atoms with Crippen molar-refractivity contribution in [2.24, 2.45) is 5.92 Å². The third-order valence-electron chi connectivity index (χ3n) is 4.15. The summed E-state index contributed by atoms with van der Waals surface area (Å²) >= 11 is 0. The first-order valence-electron chi connectivity index (χ1n) is 8.46. The van der Waals surface area contributed by atoms with E-state index >= 15 is 0 Å². The predicted molar refractivity (Wildman–Crippen MR) is 99.0 cm³/mol. The molecule has 1 heterocycles. The van der Waals surface area contributed by atoms with E-state index in [-0.39, 0.29) is 36.4 Å². The Balaban J connectivity index is 2.50. The average molecular weight is 376 g/mol. The molecular formula is C19H24N2O6. The molecule has 0 radical (unpaired) electrons. The number of amides is 1. The molecule has 27 heavy (non-hydrogen) atoms. The molecule has 1 aromatic carbocycles. The SMILES string of the molecule is COC(=O)C1=C(C(=O)OC)N(c2ccc(C)c(NC(=O)C(C)C)c2)COC1. The van der Waals surface area contributed by atoms with E-state index in [9.17, 15) is 14.4 Å². The lowest BCUT2D eigenvalue weighted by Gasteiger charge is -2.31. The second-order valence-corrected chi connectivity index (χ2v) is 6.36. The first-order chi connectivity index (χ1) is 12.8. The molecule has 2 rings (SSSR count). The molecule has 8 nitrogen and oxygen atoms in total. The lowest BCUT2D eigenvalue weighted by Crippen LogP contribution is -2.38. The Bertz CT molecular complexity index is 784. The maximum Gasteiger partial charge on any atom is 0.355 e. The Kier molecular flexibility index (Phi) is 6.57. The van der Waals surface area contributed by atoms with E-state index in [0.29, 0.717) is 11.4 Å². The second kappa shape index (κ2) is 8.68. The summed E-state index contributed by atoms with van der Waals surface area (Å²) in [7, 11) is 2.47. The number of nitrogens with zero attached hydrogens (tertiary/aromatic N) is 1. The number of esters is 2. The molecular weight excluding hydrogens is 352 g/mol. The average Bonchev–Trinajstić information content (AvgIpc) is 2.67. The number of anilines is 2. The van der Waals surface area contributed by atoms with Gasteiger partial charge in [0.1, 0.15) is 12.4 Å². The number of hydrogen-bond donors (Lipinski definition) is 1. The molecule has 0 saturated carbocycles. The zero-order chi connectivity index (χ0) is 20.1. The van der Waals surface area contributed by atoms with Gasteiger partial charge in [0.05, 0.1) is 26.4 Å². The van der Waals surface area contributed by atoms with Gasteiger partial charge in [-0.1, -0.05) is 19.9 Å². The van der Waals surface area contributed by atoms with E-state index in [1.165, 1.54) is 19.1 Å². The van der Waals surface area contributed by atoms with Gasteiger partial charge in [-0.25, -0.2) is 9.59 Å². The summed E-state index contributed by atoms with van der Waals surface area (Å²) in [4.78, 5) is 38.0. The van der Waals surface area contributed by atoms with Gasteiger partial charge in [-0.05, 0) is 24.6 Å². The molecule has 0 aliphatic carbocycles. The highest BCUT2D eigenvalue weighted by Crippen LogP contribution is 2.30. The maximum atomic E-state index is 12.3. The molecule has 1 aliphatic heterocycles.